The molecule has 0 aromatic heterocycles. The maximum Gasteiger partial charge on any atom is 0.456 e. The Hall–Kier alpha value is -1.48. The summed E-state index contributed by atoms with van der Waals surface area (Å²) in [5.41, 5.74) is 0. The molecule has 0 bridgehead atoms. The quantitative estimate of drug-likeness (QED) is 0.551. The van der Waals surface area contributed by atoms with E-state index in [2.05, 4.69) is 0 Å². The fourth-order valence-electron chi connectivity index (χ4n) is 0.389. The molecule has 0 saturated carbocycles. The van der Waals surface area contributed by atoms with Crippen LogP contribution in [0.4, 0.5) is 26.3 Å². The van der Waals surface area contributed by atoms with Crippen molar-refractivity contribution in [2.45, 2.75) is 12.1 Å². The molecular formula is C5H2F6O4. The zero-order valence-corrected chi connectivity index (χ0v) is 6.61. The highest BCUT2D eigenvalue weighted by atomic mass is 19.4. The molecule has 0 radical (unpaired) electrons. The summed E-state index contributed by atoms with van der Waals surface area (Å²) in [6.45, 7) is -2.32. The van der Waals surface area contributed by atoms with Crippen LogP contribution in [0.2, 0.25) is 0 Å². The van der Waals surface area contributed by atoms with Gasteiger partial charge in [-0.1, -0.05) is 0 Å². The molecule has 0 rings (SSSR count). The Morgan fingerprint density at radius 3 is 1.47 bits per heavy atom. The maximum absolute atomic E-state index is 12.0. The van der Waals surface area contributed by atoms with E-state index in [0.717, 1.165) is 0 Å². The first kappa shape index (κ1) is 16.0. The van der Waals surface area contributed by atoms with Crippen LogP contribution in [0.1, 0.15) is 0 Å². The number of carbonyl (C=O) groups is 2. The third-order valence-corrected chi connectivity index (χ3v) is 1.01. The van der Waals surface area contributed by atoms with Gasteiger partial charge >= 0.3 is 17.9 Å². The van der Waals surface area contributed by atoms with E-state index in [1.807, 2.05) is 0 Å². The zero-order chi connectivity index (χ0) is 12.9. The topological polar surface area (TPSA) is 68.3 Å². The summed E-state index contributed by atoms with van der Waals surface area (Å²) in [6, 6.07) is 0. The average Bonchev–Trinajstić information content (AvgIpc) is 2.17. The highest BCUT2D eigenvalue weighted by Gasteiger charge is 2.59. The molecule has 10 heteroatoms. The Balaban J connectivity index is 0. The van der Waals surface area contributed by atoms with Crippen LogP contribution in [-0.4, -0.2) is 30.3 Å². The molecule has 0 aliphatic carbocycles. The molecule has 0 aromatic carbocycles. The number of rotatable bonds is 3. The second-order valence-corrected chi connectivity index (χ2v) is 1.96. The van der Waals surface area contributed by atoms with Crippen molar-refractivity contribution in [2.24, 2.45) is 0 Å². The summed E-state index contributed by atoms with van der Waals surface area (Å²) in [6.07, 6.45) is -5.85. The minimum atomic E-state index is -5.85. The second kappa shape index (κ2) is 5.41. The molecule has 0 saturated heterocycles. The minimum absolute atomic E-state index is 2.32. The number of alkyl halides is 6. The van der Waals surface area contributed by atoms with Gasteiger partial charge in [0.2, 0.25) is 5.78 Å². The Morgan fingerprint density at radius 2 is 1.27 bits per heavy atom. The van der Waals surface area contributed by atoms with Gasteiger partial charge in [0, 0.05) is 9.93 Å². The summed E-state index contributed by atoms with van der Waals surface area (Å²) in [7, 11) is 0. The largest absolute Gasteiger partial charge is 0.456 e. The van der Waals surface area contributed by atoms with Gasteiger partial charge in [0.15, 0.2) is 6.67 Å². The van der Waals surface area contributed by atoms with Crippen molar-refractivity contribution in [1.82, 2.24) is 0 Å². The number of ketones is 2. The molecule has 4 nitrogen and oxygen atoms in total. The van der Waals surface area contributed by atoms with Crippen LogP contribution in [-0.2, 0) is 9.59 Å². The van der Waals surface area contributed by atoms with Gasteiger partial charge in [0.1, 0.15) is 0 Å². The molecular weight excluding hydrogens is 238 g/mol. The van der Waals surface area contributed by atoms with E-state index in [4.69, 9.17) is 9.93 Å². The molecule has 0 unspecified atom stereocenters. The molecule has 0 aliphatic heterocycles. The first-order chi connectivity index (χ1) is 6.64. The predicted octanol–water partition coefficient (Wildman–Crippen LogP) is 1.36. The Morgan fingerprint density at radius 1 is 0.933 bits per heavy atom. The lowest BCUT2D eigenvalue weighted by Crippen LogP contribution is -2.46. The lowest BCUT2D eigenvalue weighted by Gasteiger charge is -2.13. The monoisotopic (exact) mass is 240 g/mol. The SMILES string of the molecule is O=C(CF)C(F)(F)C(=O)C(F)(F)F.O=O. The van der Waals surface area contributed by atoms with Crippen LogP contribution in [0.3, 0.4) is 0 Å². The number of halogens is 6. The second-order valence-electron chi connectivity index (χ2n) is 1.96. The third-order valence-electron chi connectivity index (χ3n) is 1.01. The van der Waals surface area contributed by atoms with Crippen molar-refractivity contribution >= 4 is 11.6 Å². The van der Waals surface area contributed by atoms with Gasteiger partial charge in [-0.15, -0.1) is 0 Å². The number of Topliss-reactive ketones (excluding diaryl/α,β-unsaturated/α-hetero) is 2. The lowest BCUT2D eigenvalue weighted by atomic mass is 10.1. The van der Waals surface area contributed by atoms with Crippen LogP contribution < -0.4 is 0 Å². The summed E-state index contributed by atoms with van der Waals surface area (Å²) in [5.74, 6) is -11.6. The average molecular weight is 240 g/mol. The van der Waals surface area contributed by atoms with E-state index in [-0.39, 0.29) is 0 Å². The number of hydrogen-bond acceptors (Lipinski definition) is 4. The molecule has 0 atom stereocenters. The number of carbonyl (C=O) groups excluding carboxylic acids is 2. The van der Waals surface area contributed by atoms with Crippen molar-refractivity contribution in [1.29, 1.82) is 0 Å². The van der Waals surface area contributed by atoms with E-state index in [1.165, 1.54) is 0 Å². The van der Waals surface area contributed by atoms with Gasteiger partial charge in [0.05, 0.1) is 0 Å². The van der Waals surface area contributed by atoms with Gasteiger partial charge < -0.3 is 0 Å². The van der Waals surface area contributed by atoms with Crippen LogP contribution in [0, 0.1) is 9.93 Å². The Labute approximate surface area is 77.5 Å². The fourth-order valence-corrected chi connectivity index (χ4v) is 0.389. The Kier molecular flexibility index (Phi) is 5.76. The van der Waals surface area contributed by atoms with Gasteiger partial charge in [0.25, 0.3) is 0 Å². The lowest BCUT2D eigenvalue weighted by molar-refractivity contribution is -0.196. The molecule has 0 N–H and O–H groups in total. The molecule has 0 spiro atoms. The van der Waals surface area contributed by atoms with E-state index in [1.54, 1.807) is 0 Å². The summed E-state index contributed by atoms with van der Waals surface area (Å²) >= 11 is 0. The zero-order valence-electron chi connectivity index (χ0n) is 6.61. The predicted molar refractivity (Wildman–Crippen MR) is 33.7 cm³/mol. The maximum atomic E-state index is 12.0. The van der Waals surface area contributed by atoms with Crippen LogP contribution in [0.15, 0.2) is 0 Å². The van der Waals surface area contributed by atoms with E-state index < -0.39 is 30.3 Å². The van der Waals surface area contributed by atoms with Crippen molar-refractivity contribution < 1.29 is 35.9 Å². The molecule has 0 fully saturated rings. The van der Waals surface area contributed by atoms with Gasteiger partial charge in [-0.2, -0.15) is 22.0 Å². The normalized spacial score (nSPS) is 11.3. The summed E-state index contributed by atoms with van der Waals surface area (Å²) < 4.78 is 69.4. The highest BCUT2D eigenvalue weighted by Crippen LogP contribution is 2.28. The Bertz CT molecular complexity index is 246. The van der Waals surface area contributed by atoms with Crippen molar-refractivity contribution in [2.75, 3.05) is 6.67 Å². The highest BCUT2D eigenvalue weighted by molar-refractivity contribution is 6.11. The molecule has 15 heavy (non-hydrogen) atoms. The van der Waals surface area contributed by atoms with Crippen LogP contribution in [0.5, 0.6) is 0 Å². The van der Waals surface area contributed by atoms with Gasteiger partial charge in [-0.3, -0.25) is 9.59 Å². The first-order valence-corrected chi connectivity index (χ1v) is 2.89. The van der Waals surface area contributed by atoms with Crippen LogP contribution in [0.25, 0.3) is 0 Å². The summed E-state index contributed by atoms with van der Waals surface area (Å²) in [4.78, 5) is 33.7. The van der Waals surface area contributed by atoms with E-state index in [0.29, 0.717) is 0 Å². The third kappa shape index (κ3) is 4.04. The molecule has 0 amide bonds. The van der Waals surface area contributed by atoms with Crippen LogP contribution >= 0.6 is 0 Å². The molecule has 88 valence electrons. The van der Waals surface area contributed by atoms with Crippen molar-refractivity contribution in [3.8, 4) is 0 Å². The molecule has 0 heterocycles. The molecule has 0 aliphatic rings. The van der Waals surface area contributed by atoms with Gasteiger partial charge in [-0.05, 0) is 0 Å². The molecule has 0 aromatic rings. The standard InChI is InChI=1S/C5H2F6O2.O2/c6-1-2(12)4(7,8)3(13)5(9,10)11;1-2/h1H2;. The van der Waals surface area contributed by atoms with E-state index in [9.17, 15) is 35.9 Å². The van der Waals surface area contributed by atoms with E-state index >= 15 is 0 Å². The smallest absolute Gasteiger partial charge is 0.289 e. The fraction of sp³-hybridized carbons (Fsp3) is 0.600. The first-order valence-electron chi connectivity index (χ1n) is 2.89. The van der Waals surface area contributed by atoms with Crippen molar-refractivity contribution in [3.63, 3.8) is 0 Å². The van der Waals surface area contributed by atoms with Crippen molar-refractivity contribution in [3.05, 3.63) is 9.93 Å². The number of hydrogen-bond donors (Lipinski definition) is 0. The minimum Gasteiger partial charge on any atom is -0.289 e. The van der Waals surface area contributed by atoms with Gasteiger partial charge in [-0.25, -0.2) is 4.39 Å². The summed E-state index contributed by atoms with van der Waals surface area (Å²) in [5, 5.41) is 0.